The third-order valence-electron chi connectivity index (χ3n) is 4.47. The van der Waals surface area contributed by atoms with Crippen molar-refractivity contribution >= 4 is 23.2 Å². The Morgan fingerprint density at radius 2 is 1.96 bits per heavy atom. The Hall–Kier alpha value is -2.80. The molecule has 0 N–H and O–H groups in total. The molecule has 2 aromatic carbocycles. The summed E-state index contributed by atoms with van der Waals surface area (Å²) in [6.45, 7) is 0.331. The molecule has 1 fully saturated rings. The first-order valence-electron chi connectivity index (χ1n) is 8.40. The van der Waals surface area contributed by atoms with Crippen LogP contribution in [0.25, 0.3) is 0 Å². The summed E-state index contributed by atoms with van der Waals surface area (Å²) in [5.41, 5.74) is 0.912. The van der Waals surface area contributed by atoms with E-state index in [1.807, 2.05) is 6.07 Å². The van der Waals surface area contributed by atoms with Crippen molar-refractivity contribution in [1.82, 2.24) is 4.90 Å². The molecule has 0 aromatic heterocycles. The van der Waals surface area contributed by atoms with Gasteiger partial charge in [0.25, 0.3) is 11.6 Å². The standard InChI is InChI=1S/C19H19ClN2O5/c1-26-15-6-8-18(27-2)12(9-15)11-21(13-3-4-13)19(23)16-7-5-14(22(24)25)10-17(16)20/h5-10,13H,3-4,11H2,1-2H3. The number of methoxy groups -OCH3 is 2. The number of halogens is 1. The van der Waals surface area contributed by atoms with Crippen LogP contribution in [0.1, 0.15) is 28.8 Å². The lowest BCUT2D eigenvalue weighted by Gasteiger charge is -2.24. The summed E-state index contributed by atoms with van der Waals surface area (Å²) in [4.78, 5) is 25.2. The normalized spacial score (nSPS) is 13.1. The van der Waals surface area contributed by atoms with Crippen LogP contribution in [0.3, 0.4) is 0 Å². The molecular formula is C19H19ClN2O5. The topological polar surface area (TPSA) is 81.9 Å². The number of benzene rings is 2. The number of hydrogen-bond acceptors (Lipinski definition) is 5. The van der Waals surface area contributed by atoms with Crippen LogP contribution in [0, 0.1) is 10.1 Å². The quantitative estimate of drug-likeness (QED) is 0.525. The first kappa shape index (κ1) is 19.0. The van der Waals surface area contributed by atoms with E-state index in [1.165, 1.54) is 18.2 Å². The van der Waals surface area contributed by atoms with Crippen LogP contribution in [0.2, 0.25) is 5.02 Å². The van der Waals surface area contributed by atoms with E-state index in [4.69, 9.17) is 21.1 Å². The van der Waals surface area contributed by atoms with Gasteiger partial charge in [0.1, 0.15) is 11.5 Å². The molecule has 0 atom stereocenters. The number of carbonyl (C=O) groups is 1. The van der Waals surface area contributed by atoms with Crippen molar-refractivity contribution in [2.75, 3.05) is 14.2 Å². The number of non-ortho nitro benzene ring substituents is 1. The lowest BCUT2D eigenvalue weighted by atomic mass is 10.1. The summed E-state index contributed by atoms with van der Waals surface area (Å²) in [6, 6.07) is 9.42. The minimum atomic E-state index is -0.542. The van der Waals surface area contributed by atoms with Crippen LogP contribution in [-0.4, -0.2) is 36.0 Å². The second-order valence-corrected chi connectivity index (χ2v) is 6.67. The molecular weight excluding hydrogens is 372 g/mol. The van der Waals surface area contributed by atoms with Gasteiger partial charge in [0.15, 0.2) is 0 Å². The summed E-state index contributed by atoms with van der Waals surface area (Å²) >= 11 is 6.15. The highest BCUT2D eigenvalue weighted by Gasteiger charge is 2.34. The van der Waals surface area contributed by atoms with Crippen LogP contribution in [-0.2, 0) is 6.54 Å². The molecule has 3 rings (SSSR count). The number of nitro groups is 1. The molecule has 7 nitrogen and oxygen atoms in total. The molecule has 1 amide bonds. The first-order chi connectivity index (χ1) is 12.9. The molecule has 27 heavy (non-hydrogen) atoms. The number of nitrogens with zero attached hydrogens (tertiary/aromatic N) is 2. The summed E-state index contributed by atoms with van der Waals surface area (Å²) in [7, 11) is 3.15. The van der Waals surface area contributed by atoms with Crippen molar-refractivity contribution in [2.24, 2.45) is 0 Å². The maximum Gasteiger partial charge on any atom is 0.270 e. The van der Waals surface area contributed by atoms with Crippen molar-refractivity contribution in [3.63, 3.8) is 0 Å². The second-order valence-electron chi connectivity index (χ2n) is 6.26. The van der Waals surface area contributed by atoms with Gasteiger partial charge < -0.3 is 14.4 Å². The van der Waals surface area contributed by atoms with Crippen LogP contribution in [0.15, 0.2) is 36.4 Å². The van der Waals surface area contributed by atoms with Crippen molar-refractivity contribution < 1.29 is 19.2 Å². The highest BCUT2D eigenvalue weighted by atomic mass is 35.5. The highest BCUT2D eigenvalue weighted by molar-refractivity contribution is 6.34. The van der Waals surface area contributed by atoms with Gasteiger partial charge in [-0.3, -0.25) is 14.9 Å². The van der Waals surface area contributed by atoms with Gasteiger partial charge in [-0.1, -0.05) is 11.6 Å². The van der Waals surface area contributed by atoms with Crippen LogP contribution < -0.4 is 9.47 Å². The van der Waals surface area contributed by atoms with E-state index < -0.39 is 4.92 Å². The Balaban J connectivity index is 1.91. The molecule has 0 spiro atoms. The molecule has 0 radical (unpaired) electrons. The Bertz CT molecular complexity index is 882. The van der Waals surface area contributed by atoms with Gasteiger partial charge in [-0.15, -0.1) is 0 Å². The first-order valence-corrected chi connectivity index (χ1v) is 8.78. The fourth-order valence-electron chi connectivity index (χ4n) is 2.89. The maximum absolute atomic E-state index is 13.1. The smallest absolute Gasteiger partial charge is 0.270 e. The van der Waals surface area contributed by atoms with Crippen LogP contribution >= 0.6 is 11.6 Å². The lowest BCUT2D eigenvalue weighted by Crippen LogP contribution is -2.33. The van der Waals surface area contributed by atoms with E-state index in [2.05, 4.69) is 0 Å². The minimum Gasteiger partial charge on any atom is -0.497 e. The average Bonchev–Trinajstić information content (AvgIpc) is 3.50. The monoisotopic (exact) mass is 390 g/mol. The zero-order valence-corrected chi connectivity index (χ0v) is 15.7. The zero-order valence-electron chi connectivity index (χ0n) is 15.0. The molecule has 0 bridgehead atoms. The fourth-order valence-corrected chi connectivity index (χ4v) is 3.14. The van der Waals surface area contributed by atoms with Crippen molar-refractivity contribution in [1.29, 1.82) is 0 Å². The van der Waals surface area contributed by atoms with Gasteiger partial charge in [0, 0.05) is 23.7 Å². The molecule has 0 aliphatic heterocycles. The number of hydrogen-bond donors (Lipinski definition) is 0. The molecule has 142 valence electrons. The number of ether oxygens (including phenoxy) is 2. The van der Waals surface area contributed by atoms with Gasteiger partial charge in [0.2, 0.25) is 0 Å². The summed E-state index contributed by atoms with van der Waals surface area (Å²) < 4.78 is 10.7. The largest absolute Gasteiger partial charge is 0.497 e. The van der Waals surface area contributed by atoms with Gasteiger partial charge in [0.05, 0.1) is 36.3 Å². The number of carbonyl (C=O) groups excluding carboxylic acids is 1. The van der Waals surface area contributed by atoms with Crippen molar-refractivity contribution in [2.45, 2.75) is 25.4 Å². The molecule has 0 unspecified atom stereocenters. The third kappa shape index (κ3) is 4.14. The van der Waals surface area contributed by atoms with E-state index in [-0.39, 0.29) is 28.2 Å². The number of nitro benzene ring substituents is 1. The van der Waals surface area contributed by atoms with Crippen LogP contribution in [0.4, 0.5) is 5.69 Å². The maximum atomic E-state index is 13.1. The lowest BCUT2D eigenvalue weighted by molar-refractivity contribution is -0.384. The molecule has 8 heteroatoms. The second kappa shape index (κ2) is 7.84. The number of rotatable bonds is 7. The zero-order chi connectivity index (χ0) is 19.6. The van der Waals surface area contributed by atoms with E-state index in [9.17, 15) is 14.9 Å². The van der Waals surface area contributed by atoms with E-state index >= 15 is 0 Å². The van der Waals surface area contributed by atoms with Gasteiger partial charge in [-0.25, -0.2) is 0 Å². The Labute approximate surface area is 161 Å². The van der Waals surface area contributed by atoms with Gasteiger partial charge >= 0.3 is 0 Å². The predicted molar refractivity (Wildman–Crippen MR) is 101 cm³/mol. The Morgan fingerprint density at radius 3 is 2.52 bits per heavy atom. The molecule has 0 heterocycles. The molecule has 0 saturated heterocycles. The molecule has 1 aliphatic rings. The fraction of sp³-hybridized carbons (Fsp3) is 0.316. The molecule has 1 aliphatic carbocycles. The minimum absolute atomic E-state index is 0.0671. The Kier molecular flexibility index (Phi) is 5.51. The van der Waals surface area contributed by atoms with E-state index in [1.54, 1.807) is 31.3 Å². The predicted octanol–water partition coefficient (Wildman–Crippen LogP) is 4.07. The molecule has 2 aromatic rings. The molecule has 1 saturated carbocycles. The van der Waals surface area contributed by atoms with Crippen molar-refractivity contribution in [3.8, 4) is 11.5 Å². The van der Waals surface area contributed by atoms with E-state index in [0.717, 1.165) is 18.4 Å². The van der Waals surface area contributed by atoms with Crippen molar-refractivity contribution in [3.05, 3.63) is 62.7 Å². The summed E-state index contributed by atoms with van der Waals surface area (Å²) in [5.74, 6) is 1.06. The highest BCUT2D eigenvalue weighted by Crippen LogP contribution is 2.34. The summed E-state index contributed by atoms with van der Waals surface area (Å²) in [5, 5.41) is 11.0. The summed E-state index contributed by atoms with van der Waals surface area (Å²) in [6.07, 6.45) is 1.81. The van der Waals surface area contributed by atoms with E-state index in [0.29, 0.717) is 18.0 Å². The average molecular weight is 391 g/mol. The van der Waals surface area contributed by atoms with Gasteiger partial charge in [-0.2, -0.15) is 0 Å². The van der Waals surface area contributed by atoms with Crippen LogP contribution in [0.5, 0.6) is 11.5 Å². The Morgan fingerprint density at radius 1 is 1.22 bits per heavy atom. The van der Waals surface area contributed by atoms with Gasteiger partial charge in [-0.05, 0) is 37.1 Å². The third-order valence-corrected chi connectivity index (χ3v) is 4.78. The number of amides is 1. The SMILES string of the molecule is COc1ccc(OC)c(CN(C(=O)c2ccc([N+](=O)[O-])cc2Cl)C2CC2)c1.